The lowest BCUT2D eigenvalue weighted by Crippen LogP contribution is -2.44. The second-order valence-electron chi connectivity index (χ2n) is 5.65. The highest BCUT2D eigenvalue weighted by Gasteiger charge is 2.23. The van der Waals surface area contributed by atoms with Gasteiger partial charge >= 0.3 is 0 Å². The van der Waals surface area contributed by atoms with Gasteiger partial charge in [-0.2, -0.15) is 0 Å². The molecule has 0 spiro atoms. The van der Waals surface area contributed by atoms with Gasteiger partial charge in [0.1, 0.15) is 0 Å². The van der Waals surface area contributed by atoms with Crippen LogP contribution in [0.5, 0.6) is 0 Å². The van der Waals surface area contributed by atoms with E-state index in [2.05, 4.69) is 51.0 Å². The van der Waals surface area contributed by atoms with Crippen molar-refractivity contribution < 1.29 is 0 Å². The van der Waals surface area contributed by atoms with Crippen LogP contribution in [0.1, 0.15) is 32.4 Å². The molecule has 4 heteroatoms. The summed E-state index contributed by atoms with van der Waals surface area (Å²) in [4.78, 5) is 7.03. The van der Waals surface area contributed by atoms with Crippen molar-refractivity contribution >= 4 is 15.9 Å². The van der Waals surface area contributed by atoms with Crippen LogP contribution in [0.25, 0.3) is 0 Å². The molecular weight excluding hydrogens is 302 g/mol. The van der Waals surface area contributed by atoms with Crippen LogP contribution in [-0.4, -0.2) is 35.6 Å². The Morgan fingerprint density at radius 3 is 2.63 bits per heavy atom. The molecule has 19 heavy (non-hydrogen) atoms. The molecule has 0 amide bonds. The molecule has 1 unspecified atom stereocenters. The molecule has 0 saturated carbocycles. The van der Waals surface area contributed by atoms with Crippen LogP contribution in [-0.2, 0) is 6.54 Å². The monoisotopic (exact) mass is 325 g/mol. The molecule has 0 radical (unpaired) electrons. The molecule has 1 fully saturated rings. The topological polar surface area (TPSA) is 28.2 Å². The molecule has 1 aromatic rings. The van der Waals surface area contributed by atoms with Crippen LogP contribution in [0.2, 0.25) is 0 Å². The highest BCUT2D eigenvalue weighted by molar-refractivity contribution is 9.10. The molecule has 2 rings (SSSR count). The fraction of sp³-hybridized carbons (Fsp3) is 0.667. The van der Waals surface area contributed by atoms with Crippen molar-refractivity contribution in [3.8, 4) is 0 Å². The predicted octanol–water partition coefficient (Wildman–Crippen LogP) is 3.05. The molecule has 1 aliphatic rings. The third-order valence-corrected chi connectivity index (χ3v) is 4.30. The molecule has 0 bridgehead atoms. The minimum absolute atomic E-state index is 0.651. The quantitative estimate of drug-likeness (QED) is 0.871. The molecule has 1 aromatic heterocycles. The van der Waals surface area contributed by atoms with Gasteiger partial charge in [0.2, 0.25) is 0 Å². The van der Waals surface area contributed by atoms with Gasteiger partial charge in [0, 0.05) is 29.8 Å². The van der Waals surface area contributed by atoms with E-state index in [1.54, 1.807) is 0 Å². The van der Waals surface area contributed by atoms with Gasteiger partial charge in [-0.1, -0.05) is 13.8 Å². The van der Waals surface area contributed by atoms with Crippen LogP contribution in [0.4, 0.5) is 0 Å². The van der Waals surface area contributed by atoms with Crippen LogP contribution in [0, 0.1) is 5.92 Å². The zero-order chi connectivity index (χ0) is 13.7. The smallest absolute Gasteiger partial charge is 0.0542 e. The second-order valence-corrected chi connectivity index (χ2v) is 6.57. The van der Waals surface area contributed by atoms with Gasteiger partial charge in [0.05, 0.1) is 5.69 Å². The summed E-state index contributed by atoms with van der Waals surface area (Å²) in [7, 11) is 0. The summed E-state index contributed by atoms with van der Waals surface area (Å²) in [6, 6.07) is 4.76. The third kappa shape index (κ3) is 4.55. The number of hydrogen-bond donors (Lipinski definition) is 1. The van der Waals surface area contributed by atoms with E-state index in [0.29, 0.717) is 12.0 Å². The van der Waals surface area contributed by atoms with Gasteiger partial charge < -0.3 is 5.32 Å². The van der Waals surface area contributed by atoms with E-state index in [9.17, 15) is 0 Å². The first-order chi connectivity index (χ1) is 9.16. The first-order valence-corrected chi connectivity index (χ1v) is 8.01. The van der Waals surface area contributed by atoms with Gasteiger partial charge in [0.25, 0.3) is 0 Å². The molecule has 2 heterocycles. The molecule has 1 saturated heterocycles. The lowest BCUT2D eigenvalue weighted by atomic mass is 10.0. The summed E-state index contributed by atoms with van der Waals surface area (Å²) in [6.45, 7) is 9.08. The summed E-state index contributed by atoms with van der Waals surface area (Å²) in [5.74, 6) is 0.698. The van der Waals surface area contributed by atoms with Gasteiger partial charge in [0.15, 0.2) is 0 Å². The Morgan fingerprint density at radius 2 is 2.05 bits per heavy atom. The van der Waals surface area contributed by atoms with Crippen molar-refractivity contribution in [2.75, 3.05) is 19.6 Å². The number of hydrogen-bond acceptors (Lipinski definition) is 3. The normalized spacial score (nSPS) is 18.1. The maximum atomic E-state index is 4.39. The number of nitrogens with zero attached hydrogens (tertiary/aromatic N) is 2. The van der Waals surface area contributed by atoms with Gasteiger partial charge in [-0.25, -0.2) is 0 Å². The Labute approximate surface area is 124 Å². The summed E-state index contributed by atoms with van der Waals surface area (Å²) < 4.78 is 1.04. The van der Waals surface area contributed by atoms with Crippen molar-refractivity contribution in [1.29, 1.82) is 0 Å². The zero-order valence-electron chi connectivity index (χ0n) is 11.9. The Hall–Kier alpha value is -0.450. The van der Waals surface area contributed by atoms with E-state index in [1.807, 2.05) is 12.3 Å². The Bertz CT molecular complexity index is 371. The lowest BCUT2D eigenvalue weighted by molar-refractivity contribution is 0.186. The maximum Gasteiger partial charge on any atom is 0.0542 e. The first-order valence-electron chi connectivity index (χ1n) is 7.22. The number of aromatic nitrogens is 1. The SMILES string of the molecule is CC(C)C(CNCc1ccc(Br)cn1)N1CCCC1. The van der Waals surface area contributed by atoms with E-state index in [1.165, 1.54) is 25.9 Å². The number of halogens is 1. The molecule has 0 aromatic carbocycles. The van der Waals surface area contributed by atoms with E-state index >= 15 is 0 Å². The largest absolute Gasteiger partial charge is 0.310 e. The molecule has 1 N–H and O–H groups in total. The fourth-order valence-electron chi connectivity index (χ4n) is 2.72. The van der Waals surface area contributed by atoms with Crippen molar-refractivity contribution in [3.63, 3.8) is 0 Å². The summed E-state index contributed by atoms with van der Waals surface area (Å²) in [6.07, 6.45) is 4.58. The highest BCUT2D eigenvalue weighted by Crippen LogP contribution is 2.17. The summed E-state index contributed by atoms with van der Waals surface area (Å²) in [5, 5.41) is 3.56. The third-order valence-electron chi connectivity index (χ3n) is 3.83. The van der Waals surface area contributed by atoms with Gasteiger partial charge in [-0.15, -0.1) is 0 Å². The van der Waals surface area contributed by atoms with Crippen molar-refractivity contribution in [2.45, 2.75) is 39.3 Å². The minimum atomic E-state index is 0.651. The molecule has 3 nitrogen and oxygen atoms in total. The van der Waals surface area contributed by atoms with Crippen LogP contribution < -0.4 is 5.32 Å². The molecule has 1 atom stereocenters. The van der Waals surface area contributed by atoms with Gasteiger partial charge in [-0.3, -0.25) is 9.88 Å². The summed E-state index contributed by atoms with van der Waals surface area (Å²) in [5.41, 5.74) is 1.10. The zero-order valence-corrected chi connectivity index (χ0v) is 13.5. The van der Waals surface area contributed by atoms with E-state index in [-0.39, 0.29) is 0 Å². The fourth-order valence-corrected chi connectivity index (χ4v) is 2.95. The first kappa shape index (κ1) is 14.9. The van der Waals surface area contributed by atoms with Crippen LogP contribution in [0.15, 0.2) is 22.8 Å². The van der Waals surface area contributed by atoms with Crippen molar-refractivity contribution in [1.82, 2.24) is 15.2 Å². The molecule has 106 valence electrons. The maximum absolute atomic E-state index is 4.39. The minimum Gasteiger partial charge on any atom is -0.310 e. The molecule has 1 aliphatic heterocycles. The van der Waals surface area contributed by atoms with E-state index in [4.69, 9.17) is 0 Å². The highest BCUT2D eigenvalue weighted by atomic mass is 79.9. The van der Waals surface area contributed by atoms with Crippen molar-refractivity contribution in [2.24, 2.45) is 5.92 Å². The lowest BCUT2D eigenvalue weighted by Gasteiger charge is -2.31. The van der Waals surface area contributed by atoms with E-state index in [0.717, 1.165) is 23.3 Å². The second kappa shape index (κ2) is 7.36. The standard InChI is InChI=1S/C15H24BrN3/c1-12(2)15(19-7-3-4-8-19)11-17-10-14-6-5-13(16)9-18-14/h5-6,9,12,15,17H,3-4,7-8,10-11H2,1-2H3. The summed E-state index contributed by atoms with van der Waals surface area (Å²) >= 11 is 3.41. The number of nitrogens with one attached hydrogen (secondary N) is 1. The number of likely N-dealkylation sites (tertiary alicyclic amines) is 1. The number of rotatable bonds is 6. The van der Waals surface area contributed by atoms with Gasteiger partial charge in [-0.05, 0) is 59.9 Å². The Kier molecular flexibility index (Phi) is 5.79. The number of pyridine rings is 1. The Morgan fingerprint density at radius 1 is 1.32 bits per heavy atom. The average Bonchev–Trinajstić information content (AvgIpc) is 2.90. The van der Waals surface area contributed by atoms with E-state index < -0.39 is 0 Å². The average molecular weight is 326 g/mol. The molecular formula is C15H24BrN3. The predicted molar refractivity (Wildman–Crippen MR) is 83.1 cm³/mol. The van der Waals surface area contributed by atoms with Crippen LogP contribution >= 0.6 is 15.9 Å². The Balaban J connectivity index is 1.80. The van der Waals surface area contributed by atoms with Crippen LogP contribution in [0.3, 0.4) is 0 Å². The van der Waals surface area contributed by atoms with Crippen molar-refractivity contribution in [3.05, 3.63) is 28.5 Å². The molecule has 0 aliphatic carbocycles.